The molecule has 138 valence electrons. The zero-order valence-corrected chi connectivity index (χ0v) is 15.8. The maximum Gasteiger partial charge on any atom is 0.227 e. The standard InChI is InChI=1S/C19H20BrFN2O3/c20-14-2-1-3-16(12-14)26-9-6-19(24)22-15-4-5-18(17(21)13-15)23-7-10-25-11-8-23/h1-5,12-13H,6-11H2,(H,22,24). The number of benzene rings is 2. The molecule has 1 heterocycles. The summed E-state index contributed by atoms with van der Waals surface area (Å²) in [7, 11) is 0. The van der Waals surface area contributed by atoms with E-state index in [9.17, 15) is 9.18 Å². The van der Waals surface area contributed by atoms with Gasteiger partial charge in [0.15, 0.2) is 0 Å². The minimum absolute atomic E-state index is 0.180. The summed E-state index contributed by atoms with van der Waals surface area (Å²) in [4.78, 5) is 14.0. The van der Waals surface area contributed by atoms with Crippen molar-refractivity contribution in [1.29, 1.82) is 0 Å². The van der Waals surface area contributed by atoms with Gasteiger partial charge in [0.25, 0.3) is 0 Å². The Bertz CT molecular complexity index is 766. The number of amides is 1. The summed E-state index contributed by atoms with van der Waals surface area (Å²) in [5.74, 6) is 0.113. The average molecular weight is 423 g/mol. The number of halogens is 2. The van der Waals surface area contributed by atoms with E-state index >= 15 is 0 Å². The van der Waals surface area contributed by atoms with E-state index < -0.39 is 0 Å². The number of hydrogen-bond acceptors (Lipinski definition) is 4. The molecule has 0 spiro atoms. The monoisotopic (exact) mass is 422 g/mol. The van der Waals surface area contributed by atoms with Crippen molar-refractivity contribution in [2.75, 3.05) is 43.1 Å². The Morgan fingerprint density at radius 2 is 2.04 bits per heavy atom. The number of nitrogens with zero attached hydrogens (tertiary/aromatic N) is 1. The lowest BCUT2D eigenvalue weighted by Crippen LogP contribution is -2.36. The lowest BCUT2D eigenvalue weighted by Gasteiger charge is -2.29. The van der Waals surface area contributed by atoms with Crippen molar-refractivity contribution in [2.24, 2.45) is 0 Å². The highest BCUT2D eigenvalue weighted by atomic mass is 79.9. The second-order valence-corrected chi connectivity index (χ2v) is 6.79. The minimum atomic E-state index is -0.352. The van der Waals surface area contributed by atoms with Crippen LogP contribution in [0.25, 0.3) is 0 Å². The summed E-state index contributed by atoms with van der Waals surface area (Å²) in [6.45, 7) is 2.76. The van der Waals surface area contributed by atoms with E-state index in [0.717, 1.165) is 4.47 Å². The minimum Gasteiger partial charge on any atom is -0.493 e. The van der Waals surface area contributed by atoms with E-state index in [2.05, 4.69) is 21.2 Å². The molecule has 1 amide bonds. The zero-order valence-electron chi connectivity index (χ0n) is 14.2. The molecule has 0 saturated carbocycles. The number of morpholine rings is 1. The van der Waals surface area contributed by atoms with E-state index in [1.54, 1.807) is 12.1 Å². The molecule has 1 aliphatic rings. The fourth-order valence-corrected chi connectivity index (χ4v) is 3.07. The highest BCUT2D eigenvalue weighted by Crippen LogP contribution is 2.24. The zero-order chi connectivity index (χ0) is 18.4. The van der Waals surface area contributed by atoms with Crippen molar-refractivity contribution in [3.05, 3.63) is 52.8 Å². The Balaban J connectivity index is 1.50. The Morgan fingerprint density at radius 1 is 1.23 bits per heavy atom. The highest BCUT2D eigenvalue weighted by Gasteiger charge is 2.15. The van der Waals surface area contributed by atoms with Crippen LogP contribution < -0.4 is 15.0 Å². The largest absolute Gasteiger partial charge is 0.493 e. The smallest absolute Gasteiger partial charge is 0.227 e. The van der Waals surface area contributed by atoms with E-state index in [-0.39, 0.29) is 24.8 Å². The Labute approximate surface area is 160 Å². The normalized spacial score (nSPS) is 14.2. The lowest BCUT2D eigenvalue weighted by atomic mass is 10.2. The van der Waals surface area contributed by atoms with Gasteiger partial charge in [0, 0.05) is 23.2 Å². The average Bonchev–Trinajstić information content (AvgIpc) is 2.63. The van der Waals surface area contributed by atoms with Crippen molar-refractivity contribution in [3.8, 4) is 5.75 Å². The number of anilines is 2. The number of ether oxygens (including phenoxy) is 2. The first-order valence-corrected chi connectivity index (χ1v) is 9.21. The molecule has 5 nitrogen and oxygen atoms in total. The van der Waals surface area contributed by atoms with E-state index in [0.29, 0.717) is 43.4 Å². The molecule has 0 atom stereocenters. The summed E-state index contributed by atoms with van der Waals surface area (Å²) in [5, 5.41) is 2.70. The second kappa shape index (κ2) is 9.00. The summed E-state index contributed by atoms with van der Waals surface area (Å²) in [5.41, 5.74) is 0.969. The summed E-state index contributed by atoms with van der Waals surface area (Å²) in [6.07, 6.45) is 0.180. The van der Waals surface area contributed by atoms with E-state index in [4.69, 9.17) is 9.47 Å². The topological polar surface area (TPSA) is 50.8 Å². The molecule has 2 aromatic rings. The van der Waals surface area contributed by atoms with Gasteiger partial charge in [-0.1, -0.05) is 22.0 Å². The molecule has 0 radical (unpaired) electrons. The molecule has 1 aliphatic heterocycles. The van der Waals surface area contributed by atoms with Crippen LogP contribution in [0.15, 0.2) is 46.9 Å². The molecular formula is C19H20BrFN2O3. The van der Waals surface area contributed by atoms with Crippen LogP contribution in [0.5, 0.6) is 5.75 Å². The van der Waals surface area contributed by atoms with Crippen LogP contribution in [-0.2, 0) is 9.53 Å². The van der Waals surface area contributed by atoms with Crippen molar-refractivity contribution in [3.63, 3.8) is 0 Å². The SMILES string of the molecule is O=C(CCOc1cccc(Br)c1)Nc1ccc(N2CCOCC2)c(F)c1. The fourth-order valence-electron chi connectivity index (χ4n) is 2.69. The van der Waals surface area contributed by atoms with Gasteiger partial charge in [0.2, 0.25) is 5.91 Å². The van der Waals surface area contributed by atoms with E-state index in [1.165, 1.54) is 6.07 Å². The van der Waals surface area contributed by atoms with Crippen LogP contribution in [0.4, 0.5) is 15.8 Å². The Hall–Kier alpha value is -2.12. The first-order chi connectivity index (χ1) is 12.6. The quantitative estimate of drug-likeness (QED) is 0.768. The molecule has 1 fully saturated rings. The van der Waals surface area contributed by atoms with Crippen LogP contribution in [0, 0.1) is 5.82 Å². The molecule has 1 N–H and O–H groups in total. The van der Waals surface area contributed by atoms with Crippen LogP contribution in [0.2, 0.25) is 0 Å². The van der Waals surface area contributed by atoms with Crippen LogP contribution in [0.3, 0.4) is 0 Å². The van der Waals surface area contributed by atoms with Gasteiger partial charge in [0.05, 0.1) is 31.9 Å². The molecule has 0 unspecified atom stereocenters. The first-order valence-electron chi connectivity index (χ1n) is 8.42. The number of hydrogen-bond donors (Lipinski definition) is 1. The maximum atomic E-state index is 14.3. The van der Waals surface area contributed by atoms with Gasteiger partial charge in [-0.05, 0) is 36.4 Å². The van der Waals surface area contributed by atoms with Crippen molar-refractivity contribution >= 4 is 33.2 Å². The summed E-state index contributed by atoms with van der Waals surface area (Å²) < 4.78 is 26.1. The van der Waals surface area contributed by atoms with Gasteiger partial charge >= 0.3 is 0 Å². The summed E-state index contributed by atoms with van der Waals surface area (Å²) >= 11 is 3.36. The van der Waals surface area contributed by atoms with Crippen molar-refractivity contribution in [2.45, 2.75) is 6.42 Å². The lowest BCUT2D eigenvalue weighted by molar-refractivity contribution is -0.116. The molecule has 1 saturated heterocycles. The second-order valence-electron chi connectivity index (χ2n) is 5.87. The summed E-state index contributed by atoms with van der Waals surface area (Å²) in [6, 6.07) is 12.2. The van der Waals surface area contributed by atoms with Gasteiger partial charge in [-0.25, -0.2) is 4.39 Å². The van der Waals surface area contributed by atoms with Gasteiger partial charge in [-0.2, -0.15) is 0 Å². The molecular weight excluding hydrogens is 403 g/mol. The number of nitrogens with one attached hydrogen (secondary N) is 1. The first kappa shape index (κ1) is 18.7. The predicted molar refractivity (Wildman–Crippen MR) is 102 cm³/mol. The third-order valence-electron chi connectivity index (χ3n) is 3.98. The molecule has 26 heavy (non-hydrogen) atoms. The predicted octanol–water partition coefficient (Wildman–Crippen LogP) is 3.83. The van der Waals surface area contributed by atoms with Crippen molar-refractivity contribution < 1.29 is 18.7 Å². The van der Waals surface area contributed by atoms with Gasteiger partial charge in [-0.3, -0.25) is 4.79 Å². The maximum absolute atomic E-state index is 14.3. The Morgan fingerprint density at radius 3 is 2.77 bits per heavy atom. The number of carbonyl (C=O) groups excluding carboxylic acids is 1. The van der Waals surface area contributed by atoms with Crippen LogP contribution in [0.1, 0.15) is 6.42 Å². The van der Waals surface area contributed by atoms with Crippen LogP contribution >= 0.6 is 15.9 Å². The molecule has 2 aromatic carbocycles. The van der Waals surface area contributed by atoms with E-state index in [1.807, 2.05) is 29.2 Å². The molecule has 0 aliphatic carbocycles. The molecule has 0 bridgehead atoms. The van der Waals surface area contributed by atoms with Gasteiger partial charge < -0.3 is 19.7 Å². The number of rotatable bonds is 6. The molecule has 7 heteroatoms. The van der Waals surface area contributed by atoms with Crippen molar-refractivity contribution in [1.82, 2.24) is 0 Å². The van der Waals surface area contributed by atoms with Gasteiger partial charge in [0.1, 0.15) is 11.6 Å². The Kier molecular flexibility index (Phi) is 6.46. The highest BCUT2D eigenvalue weighted by molar-refractivity contribution is 9.10. The molecule has 0 aromatic heterocycles. The third kappa shape index (κ3) is 5.19. The third-order valence-corrected chi connectivity index (χ3v) is 4.47. The van der Waals surface area contributed by atoms with Gasteiger partial charge in [-0.15, -0.1) is 0 Å². The number of carbonyl (C=O) groups is 1. The fraction of sp³-hybridized carbons (Fsp3) is 0.316. The molecule has 3 rings (SSSR count). The van der Waals surface area contributed by atoms with Crippen LogP contribution in [-0.4, -0.2) is 38.8 Å².